The second-order valence-electron chi connectivity index (χ2n) is 9.55. The van der Waals surface area contributed by atoms with Gasteiger partial charge in [-0.15, -0.1) is 0 Å². The van der Waals surface area contributed by atoms with Gasteiger partial charge in [0, 0.05) is 64.2 Å². The smallest absolute Gasteiger partial charge is 0.315 e. The number of carbonyl (C=O) groups is 1. The van der Waals surface area contributed by atoms with Crippen LogP contribution in [-0.2, 0) is 0 Å². The number of rotatable bonds is 7. The summed E-state index contributed by atoms with van der Waals surface area (Å²) < 4.78 is 0. The molecule has 1 aliphatic heterocycles. The summed E-state index contributed by atoms with van der Waals surface area (Å²) >= 11 is 0. The number of piperazine rings is 1. The molecule has 1 heterocycles. The van der Waals surface area contributed by atoms with Gasteiger partial charge in [-0.1, -0.05) is 49.6 Å². The predicted molar refractivity (Wildman–Crippen MR) is 137 cm³/mol. The van der Waals surface area contributed by atoms with E-state index in [9.17, 15) is 4.79 Å². The van der Waals surface area contributed by atoms with Crippen LogP contribution < -0.4 is 20.4 Å². The number of nitrogens with zero attached hydrogens (tertiary/aromatic N) is 3. The number of amides is 2. The van der Waals surface area contributed by atoms with Crippen LogP contribution in [0.5, 0.6) is 0 Å². The van der Waals surface area contributed by atoms with Crippen LogP contribution in [0, 0.1) is 0 Å². The Kier molecular flexibility index (Phi) is 8.10. The molecule has 33 heavy (non-hydrogen) atoms. The lowest BCUT2D eigenvalue weighted by atomic mass is 9.96. The Labute approximate surface area is 198 Å². The number of benzene rings is 2. The molecule has 0 radical (unpaired) electrons. The fourth-order valence-electron chi connectivity index (χ4n) is 5.06. The van der Waals surface area contributed by atoms with Gasteiger partial charge in [0.15, 0.2) is 0 Å². The van der Waals surface area contributed by atoms with E-state index in [1.807, 2.05) is 0 Å². The lowest BCUT2D eigenvalue weighted by molar-refractivity contribution is 0.179. The Hall–Kier alpha value is -2.73. The quantitative estimate of drug-likeness (QED) is 0.664. The molecule has 2 aromatic carbocycles. The van der Waals surface area contributed by atoms with E-state index in [-0.39, 0.29) is 12.1 Å². The van der Waals surface area contributed by atoms with Gasteiger partial charge in [0.1, 0.15) is 0 Å². The van der Waals surface area contributed by atoms with Gasteiger partial charge >= 0.3 is 6.03 Å². The topological polar surface area (TPSA) is 50.9 Å². The first-order valence-corrected chi connectivity index (χ1v) is 12.5. The van der Waals surface area contributed by atoms with Crippen LogP contribution in [0.1, 0.15) is 43.7 Å². The third-order valence-electron chi connectivity index (χ3n) is 7.07. The molecule has 0 aromatic heterocycles. The Morgan fingerprint density at radius 2 is 1.61 bits per heavy atom. The molecule has 6 nitrogen and oxygen atoms in total. The van der Waals surface area contributed by atoms with Gasteiger partial charge in [-0.25, -0.2) is 4.79 Å². The van der Waals surface area contributed by atoms with Gasteiger partial charge in [0.05, 0.1) is 6.04 Å². The number of hydrogen-bond acceptors (Lipinski definition) is 4. The fourth-order valence-corrected chi connectivity index (χ4v) is 5.06. The second kappa shape index (κ2) is 11.4. The molecule has 6 heteroatoms. The third kappa shape index (κ3) is 6.41. The van der Waals surface area contributed by atoms with Gasteiger partial charge in [0.25, 0.3) is 0 Å². The Bertz CT molecular complexity index is 856. The number of anilines is 2. The van der Waals surface area contributed by atoms with Gasteiger partial charge in [-0.2, -0.15) is 0 Å². The van der Waals surface area contributed by atoms with Crippen molar-refractivity contribution in [2.45, 2.75) is 44.2 Å². The number of carbonyl (C=O) groups excluding carboxylic acids is 1. The highest BCUT2D eigenvalue weighted by Gasteiger charge is 2.26. The van der Waals surface area contributed by atoms with Crippen LogP contribution in [0.25, 0.3) is 0 Å². The molecule has 2 aromatic rings. The zero-order valence-electron chi connectivity index (χ0n) is 20.2. The minimum absolute atomic E-state index is 0.0280. The first-order chi connectivity index (χ1) is 16.1. The summed E-state index contributed by atoms with van der Waals surface area (Å²) in [4.78, 5) is 19.7. The fraction of sp³-hybridized carbons (Fsp3) is 0.519. The molecule has 1 aliphatic carbocycles. The zero-order valence-corrected chi connectivity index (χ0v) is 20.2. The van der Waals surface area contributed by atoms with Crippen molar-refractivity contribution in [3.8, 4) is 0 Å². The van der Waals surface area contributed by atoms with Crippen LogP contribution >= 0.6 is 0 Å². The molecule has 178 valence electrons. The van der Waals surface area contributed by atoms with Crippen molar-refractivity contribution in [1.82, 2.24) is 15.5 Å². The second-order valence-corrected chi connectivity index (χ2v) is 9.55. The van der Waals surface area contributed by atoms with Gasteiger partial charge in [-0.05, 0) is 42.7 Å². The zero-order chi connectivity index (χ0) is 23.0. The molecule has 0 spiro atoms. The predicted octanol–water partition coefficient (Wildman–Crippen LogP) is 4.25. The van der Waals surface area contributed by atoms with Crippen molar-refractivity contribution < 1.29 is 4.79 Å². The highest BCUT2D eigenvalue weighted by molar-refractivity contribution is 5.74. The number of nitrogens with one attached hydrogen (secondary N) is 2. The van der Waals surface area contributed by atoms with Crippen LogP contribution in [0.4, 0.5) is 16.2 Å². The maximum atomic E-state index is 12.7. The molecular weight excluding hydrogens is 410 g/mol. The molecule has 4 rings (SSSR count). The van der Waals surface area contributed by atoms with E-state index in [2.05, 4.69) is 94.0 Å². The first-order valence-electron chi connectivity index (χ1n) is 12.5. The highest BCUT2D eigenvalue weighted by Crippen LogP contribution is 2.26. The van der Waals surface area contributed by atoms with E-state index in [0.29, 0.717) is 12.6 Å². The minimum Gasteiger partial charge on any atom is -0.378 e. The Morgan fingerprint density at radius 1 is 0.939 bits per heavy atom. The van der Waals surface area contributed by atoms with E-state index in [4.69, 9.17) is 0 Å². The molecule has 1 unspecified atom stereocenters. The molecular formula is C27H39N5O. The van der Waals surface area contributed by atoms with Gasteiger partial charge in [0.2, 0.25) is 0 Å². The molecule has 0 bridgehead atoms. The summed E-state index contributed by atoms with van der Waals surface area (Å²) in [5.41, 5.74) is 3.73. The highest BCUT2D eigenvalue weighted by atomic mass is 16.2. The first kappa shape index (κ1) is 23.4. The SMILES string of the molecule is CN(C)c1ccc(C(CNC(=O)NC2CCCCC2)N2CCN(c3ccccc3)CC2)cc1. The molecule has 2 N–H and O–H groups in total. The average Bonchev–Trinajstić information content (AvgIpc) is 2.86. The summed E-state index contributed by atoms with van der Waals surface area (Å²) in [6.45, 7) is 4.54. The largest absolute Gasteiger partial charge is 0.378 e. The third-order valence-corrected chi connectivity index (χ3v) is 7.07. The van der Waals surface area contributed by atoms with Crippen LogP contribution in [-0.4, -0.2) is 63.8 Å². The van der Waals surface area contributed by atoms with E-state index < -0.39 is 0 Å². The van der Waals surface area contributed by atoms with Gasteiger partial charge in [-0.3, -0.25) is 4.90 Å². The van der Waals surface area contributed by atoms with E-state index in [1.165, 1.54) is 36.2 Å². The molecule has 2 fully saturated rings. The van der Waals surface area contributed by atoms with Crippen molar-refractivity contribution in [1.29, 1.82) is 0 Å². The molecule has 2 amide bonds. The standard InChI is InChI=1S/C27H39N5O/c1-30(2)24-15-13-22(14-16-24)26(21-28-27(33)29-23-9-5-3-6-10-23)32-19-17-31(18-20-32)25-11-7-4-8-12-25/h4,7-8,11-16,23,26H,3,5-6,9-10,17-21H2,1-2H3,(H2,28,29,33). The number of para-hydroxylation sites is 1. The van der Waals surface area contributed by atoms with Crippen LogP contribution in [0.15, 0.2) is 54.6 Å². The average molecular weight is 450 g/mol. The molecule has 2 aliphatic rings. The Morgan fingerprint density at radius 3 is 2.24 bits per heavy atom. The molecule has 1 saturated heterocycles. The molecule has 1 atom stereocenters. The lowest BCUT2D eigenvalue weighted by Gasteiger charge is -2.40. The number of urea groups is 1. The van der Waals surface area contributed by atoms with E-state index >= 15 is 0 Å². The lowest BCUT2D eigenvalue weighted by Crippen LogP contribution is -2.51. The Balaban J connectivity index is 1.40. The maximum absolute atomic E-state index is 12.7. The summed E-state index contributed by atoms with van der Waals surface area (Å²) in [5.74, 6) is 0. The minimum atomic E-state index is -0.0280. The van der Waals surface area contributed by atoms with E-state index in [1.54, 1.807) is 0 Å². The van der Waals surface area contributed by atoms with Crippen molar-refractivity contribution in [2.24, 2.45) is 0 Å². The number of hydrogen-bond donors (Lipinski definition) is 2. The molecule has 1 saturated carbocycles. The summed E-state index contributed by atoms with van der Waals surface area (Å²) in [6.07, 6.45) is 5.93. The summed E-state index contributed by atoms with van der Waals surface area (Å²) in [7, 11) is 4.12. The van der Waals surface area contributed by atoms with Crippen molar-refractivity contribution in [2.75, 3.05) is 56.6 Å². The normalized spacial score (nSPS) is 18.5. The van der Waals surface area contributed by atoms with Crippen LogP contribution in [0.2, 0.25) is 0 Å². The van der Waals surface area contributed by atoms with Crippen molar-refractivity contribution >= 4 is 17.4 Å². The van der Waals surface area contributed by atoms with Crippen molar-refractivity contribution in [3.05, 3.63) is 60.2 Å². The van der Waals surface area contributed by atoms with E-state index in [0.717, 1.165) is 39.0 Å². The van der Waals surface area contributed by atoms with Crippen LogP contribution in [0.3, 0.4) is 0 Å². The van der Waals surface area contributed by atoms with Crippen molar-refractivity contribution in [3.63, 3.8) is 0 Å². The monoisotopic (exact) mass is 449 g/mol. The maximum Gasteiger partial charge on any atom is 0.315 e. The van der Waals surface area contributed by atoms with Gasteiger partial charge < -0.3 is 20.4 Å². The summed E-state index contributed by atoms with van der Waals surface area (Å²) in [6, 6.07) is 19.9. The summed E-state index contributed by atoms with van der Waals surface area (Å²) in [5, 5.41) is 6.39.